The Morgan fingerprint density at radius 3 is 0.969 bits per heavy atom. The van der Waals surface area contributed by atoms with E-state index in [1.807, 2.05) is 60.7 Å². The van der Waals surface area contributed by atoms with Crippen molar-refractivity contribution in [1.82, 2.24) is 4.40 Å². The highest BCUT2D eigenvalue weighted by Crippen LogP contribution is 2.39. The van der Waals surface area contributed by atoms with E-state index in [9.17, 15) is 9.59 Å². The van der Waals surface area contributed by atoms with Crippen LogP contribution in [0, 0.1) is 0 Å². The number of para-hydroxylation sites is 4. The molecule has 0 aliphatic rings. The van der Waals surface area contributed by atoms with Crippen molar-refractivity contribution < 1.29 is 0 Å². The summed E-state index contributed by atoms with van der Waals surface area (Å²) in [6.07, 6.45) is 0. The van der Waals surface area contributed by atoms with Crippen LogP contribution in [-0.4, -0.2) is 4.40 Å². The maximum absolute atomic E-state index is 14.8. The second-order valence-corrected chi connectivity index (χ2v) is 17.7. The predicted octanol–water partition coefficient (Wildman–Crippen LogP) is 15.1. The molecular weight excluding hydrogens is 795 g/mol. The molecule has 312 valence electrons. The summed E-state index contributed by atoms with van der Waals surface area (Å²) in [5.41, 5.74) is 12.9. The Morgan fingerprint density at radius 2 is 0.646 bits per heavy atom. The topological polar surface area (TPSA) is 45.0 Å². The molecule has 11 rings (SSSR count). The van der Waals surface area contributed by atoms with E-state index >= 15 is 0 Å². The van der Waals surface area contributed by atoms with E-state index in [2.05, 4.69) is 193 Å². The second kappa shape index (κ2) is 15.8. The fourth-order valence-electron chi connectivity index (χ4n) is 9.31. The SMILES string of the molecule is CC(C)(C)c1cc2c(=O)c3cc(-c4ccc(N(c5ccccc5)c5ccccc5)cc4)ccc3n3c4ccc(-c5ccc(N(c6ccccc6)c6ccccc6)cc5)cc4c(=O)c(c1)c23. The number of rotatable bonds is 8. The van der Waals surface area contributed by atoms with E-state index in [0.29, 0.717) is 27.1 Å². The van der Waals surface area contributed by atoms with Crippen molar-refractivity contribution in [3.63, 3.8) is 0 Å². The maximum Gasteiger partial charge on any atom is 0.197 e. The molecule has 0 amide bonds. The second-order valence-electron chi connectivity index (χ2n) is 17.7. The molecule has 0 unspecified atom stereocenters. The van der Waals surface area contributed by atoms with Crippen molar-refractivity contribution in [3.05, 3.63) is 244 Å². The van der Waals surface area contributed by atoms with E-state index in [-0.39, 0.29) is 16.3 Å². The summed E-state index contributed by atoms with van der Waals surface area (Å²) in [7, 11) is 0. The Kier molecular flexibility index (Phi) is 9.62. The number of nitrogens with zero attached hydrogens (tertiary/aromatic N) is 3. The van der Waals surface area contributed by atoms with Crippen LogP contribution in [-0.2, 0) is 5.41 Å². The molecule has 0 saturated carbocycles. The molecule has 0 radical (unpaired) electrons. The van der Waals surface area contributed by atoms with Gasteiger partial charge in [0, 0.05) is 55.7 Å². The smallest absolute Gasteiger partial charge is 0.197 e. The summed E-state index contributed by atoms with van der Waals surface area (Å²) in [6, 6.07) is 74.7. The molecule has 65 heavy (non-hydrogen) atoms. The molecule has 5 heteroatoms. The minimum absolute atomic E-state index is 0.0793. The lowest BCUT2D eigenvalue weighted by Gasteiger charge is -2.25. The van der Waals surface area contributed by atoms with Crippen LogP contribution in [0.15, 0.2) is 228 Å². The Hall–Kier alpha value is -8.28. The minimum atomic E-state index is -0.300. The largest absolute Gasteiger partial charge is 0.311 e. The first kappa shape index (κ1) is 39.6. The van der Waals surface area contributed by atoms with Gasteiger partial charge in [-0.25, -0.2) is 0 Å². The van der Waals surface area contributed by atoms with E-state index in [1.165, 1.54) is 0 Å². The Bertz CT molecular complexity index is 3330. The summed E-state index contributed by atoms with van der Waals surface area (Å²) in [6.45, 7) is 6.37. The molecule has 0 saturated heterocycles. The third-order valence-corrected chi connectivity index (χ3v) is 12.6. The molecular formula is C60H45N3O2. The Morgan fingerprint density at radius 1 is 0.338 bits per heavy atom. The molecule has 0 N–H and O–H groups in total. The van der Waals surface area contributed by atoms with E-state index in [0.717, 1.165) is 73.0 Å². The van der Waals surface area contributed by atoms with Crippen molar-refractivity contribution in [3.8, 4) is 22.3 Å². The summed E-state index contributed by atoms with van der Waals surface area (Å²) in [4.78, 5) is 34.1. The first-order valence-corrected chi connectivity index (χ1v) is 22.1. The standard InChI is InChI=1S/C60H45N3O2/c1-60(2,3)44-38-53-57-54(39-44)59(65)52-37-43(41-26-32-50(33-27-41)62(47-20-12-6-13-21-47)48-22-14-7-15-23-48)29-35-56(52)63(57)55-34-28-42(36-51(55)58(53)64)40-24-30-49(31-25-40)61(45-16-8-4-9-17-45)46-18-10-5-11-19-46/h4-39H,1-3H3. The highest BCUT2D eigenvalue weighted by molar-refractivity contribution is 6.09. The van der Waals surface area contributed by atoms with Gasteiger partial charge in [0.25, 0.3) is 0 Å². The van der Waals surface area contributed by atoms with E-state index in [1.54, 1.807) is 0 Å². The fourth-order valence-corrected chi connectivity index (χ4v) is 9.31. The monoisotopic (exact) mass is 839 g/mol. The molecule has 2 aromatic heterocycles. The molecule has 2 heterocycles. The molecule has 0 fully saturated rings. The molecule has 9 aromatic carbocycles. The first-order valence-electron chi connectivity index (χ1n) is 22.1. The highest BCUT2D eigenvalue weighted by atomic mass is 16.1. The summed E-state index contributed by atoms with van der Waals surface area (Å²) in [5, 5.41) is 2.31. The van der Waals surface area contributed by atoms with Crippen LogP contribution in [0.2, 0.25) is 0 Å². The van der Waals surface area contributed by atoms with Crippen LogP contribution in [0.1, 0.15) is 26.3 Å². The van der Waals surface area contributed by atoms with Crippen molar-refractivity contribution in [2.24, 2.45) is 0 Å². The highest BCUT2D eigenvalue weighted by Gasteiger charge is 2.23. The zero-order chi connectivity index (χ0) is 44.2. The molecule has 0 atom stereocenters. The van der Waals surface area contributed by atoms with Gasteiger partial charge in [-0.05, 0) is 142 Å². The third kappa shape index (κ3) is 6.99. The molecule has 0 aliphatic heterocycles. The molecule has 0 bridgehead atoms. The normalized spacial score (nSPS) is 11.7. The van der Waals surface area contributed by atoms with Gasteiger partial charge in [0.1, 0.15) is 0 Å². The number of hydrogen-bond donors (Lipinski definition) is 0. The van der Waals surface area contributed by atoms with Crippen molar-refractivity contribution in [2.45, 2.75) is 26.2 Å². The lowest BCUT2D eigenvalue weighted by Crippen LogP contribution is -2.18. The van der Waals surface area contributed by atoms with Gasteiger partial charge in [0.05, 0.1) is 16.6 Å². The first-order chi connectivity index (χ1) is 31.7. The van der Waals surface area contributed by atoms with Gasteiger partial charge in [-0.1, -0.05) is 130 Å². The van der Waals surface area contributed by atoms with Gasteiger partial charge in [0.15, 0.2) is 10.9 Å². The van der Waals surface area contributed by atoms with E-state index in [4.69, 9.17) is 0 Å². The minimum Gasteiger partial charge on any atom is -0.311 e. The van der Waals surface area contributed by atoms with Crippen LogP contribution in [0.5, 0.6) is 0 Å². The molecule has 11 aromatic rings. The average molecular weight is 840 g/mol. The van der Waals surface area contributed by atoms with Gasteiger partial charge >= 0.3 is 0 Å². The number of anilines is 6. The van der Waals surface area contributed by atoms with E-state index < -0.39 is 0 Å². The van der Waals surface area contributed by atoms with Gasteiger partial charge in [-0.2, -0.15) is 0 Å². The summed E-state index contributed by atoms with van der Waals surface area (Å²) in [5.74, 6) is 0. The third-order valence-electron chi connectivity index (χ3n) is 12.6. The van der Waals surface area contributed by atoms with Gasteiger partial charge in [0.2, 0.25) is 0 Å². The summed E-state index contributed by atoms with van der Waals surface area (Å²) < 4.78 is 2.14. The van der Waals surface area contributed by atoms with Crippen molar-refractivity contribution in [2.75, 3.05) is 9.80 Å². The molecule has 0 spiro atoms. The lowest BCUT2D eigenvalue weighted by atomic mass is 9.85. The zero-order valence-electron chi connectivity index (χ0n) is 36.4. The predicted molar refractivity (Wildman–Crippen MR) is 273 cm³/mol. The number of fused-ring (bicyclic) bond motifs is 4. The molecule has 5 nitrogen and oxygen atoms in total. The Labute approximate surface area is 377 Å². The maximum atomic E-state index is 14.8. The van der Waals surface area contributed by atoms with Gasteiger partial charge in [-0.3, -0.25) is 9.59 Å². The van der Waals surface area contributed by atoms with Crippen LogP contribution >= 0.6 is 0 Å². The van der Waals surface area contributed by atoms with Crippen LogP contribution in [0.4, 0.5) is 34.1 Å². The quantitative estimate of drug-likeness (QED) is 0.113. The fraction of sp³-hybridized carbons (Fsp3) is 0.0667. The Balaban J connectivity index is 1.05. The zero-order valence-corrected chi connectivity index (χ0v) is 36.4. The van der Waals surface area contributed by atoms with Crippen molar-refractivity contribution >= 4 is 72.2 Å². The lowest BCUT2D eigenvalue weighted by molar-refractivity contribution is 0.591. The van der Waals surface area contributed by atoms with Gasteiger partial charge in [-0.15, -0.1) is 0 Å². The number of benzene rings is 9. The van der Waals surface area contributed by atoms with Crippen LogP contribution < -0.4 is 20.7 Å². The number of hydrogen-bond acceptors (Lipinski definition) is 4. The van der Waals surface area contributed by atoms with Crippen LogP contribution in [0.3, 0.4) is 0 Å². The molecule has 0 aliphatic carbocycles. The van der Waals surface area contributed by atoms with Crippen LogP contribution in [0.25, 0.3) is 60.3 Å². The van der Waals surface area contributed by atoms with Crippen molar-refractivity contribution in [1.29, 1.82) is 0 Å². The van der Waals surface area contributed by atoms with Gasteiger partial charge < -0.3 is 14.2 Å². The summed E-state index contributed by atoms with van der Waals surface area (Å²) >= 11 is 0. The number of aromatic nitrogens is 1. The number of pyridine rings is 2. The average Bonchev–Trinajstić information content (AvgIpc) is 3.35.